The van der Waals surface area contributed by atoms with Crippen LogP contribution in [-0.2, 0) is 0 Å². The summed E-state index contributed by atoms with van der Waals surface area (Å²) in [5, 5.41) is 6.76. The Morgan fingerprint density at radius 2 is 1.96 bits per heavy atom. The highest BCUT2D eigenvalue weighted by atomic mass is 32.1. The van der Waals surface area contributed by atoms with E-state index in [1.165, 1.54) is 31.5 Å². The van der Waals surface area contributed by atoms with Crippen molar-refractivity contribution >= 4 is 27.4 Å². The number of likely N-dealkylation sites (tertiary alicyclic amines) is 1. The Balaban J connectivity index is 1.56. The maximum atomic E-state index is 5.30. The van der Waals surface area contributed by atoms with Crippen molar-refractivity contribution in [3.63, 3.8) is 0 Å². The van der Waals surface area contributed by atoms with Crippen molar-refractivity contribution in [1.82, 2.24) is 9.97 Å². The maximum Gasteiger partial charge on any atom is 0.138 e. The van der Waals surface area contributed by atoms with E-state index in [1.54, 1.807) is 29.7 Å². The number of thiophene rings is 1. The second-order valence-corrected chi connectivity index (χ2v) is 7.33. The fourth-order valence-electron chi connectivity index (χ4n) is 3.64. The van der Waals surface area contributed by atoms with Crippen molar-refractivity contribution in [3.8, 4) is 5.75 Å². The second kappa shape index (κ2) is 7.37. The Morgan fingerprint density at radius 1 is 1.16 bits per heavy atom. The van der Waals surface area contributed by atoms with Crippen LogP contribution in [0.4, 0.5) is 5.82 Å². The second-order valence-electron chi connectivity index (χ2n) is 6.43. The average Bonchev–Trinajstić information content (AvgIpc) is 3.34. The molecule has 1 aliphatic heterocycles. The Bertz CT molecular complexity index is 827. The zero-order chi connectivity index (χ0) is 17.1. The zero-order valence-corrected chi connectivity index (χ0v) is 15.2. The fourth-order valence-corrected chi connectivity index (χ4v) is 4.37. The highest BCUT2D eigenvalue weighted by Gasteiger charge is 2.27. The molecule has 1 saturated heterocycles. The molecule has 0 spiro atoms. The highest BCUT2D eigenvalue weighted by Crippen LogP contribution is 2.24. The number of ether oxygens (including phenoxy) is 1. The van der Waals surface area contributed by atoms with Crippen LogP contribution in [0.2, 0.25) is 0 Å². The van der Waals surface area contributed by atoms with Crippen LogP contribution >= 0.6 is 11.3 Å². The molecule has 1 aromatic carbocycles. The van der Waals surface area contributed by atoms with Crippen LogP contribution in [0.3, 0.4) is 0 Å². The number of benzene rings is 1. The van der Waals surface area contributed by atoms with Crippen molar-refractivity contribution in [2.75, 3.05) is 32.1 Å². The van der Waals surface area contributed by atoms with Gasteiger partial charge in [-0.1, -0.05) is 0 Å². The molecule has 1 fully saturated rings. The number of hydrogen-bond donors (Lipinski definition) is 2. The van der Waals surface area contributed by atoms with Crippen LogP contribution in [0.5, 0.6) is 5.75 Å². The van der Waals surface area contributed by atoms with E-state index < -0.39 is 0 Å². The summed E-state index contributed by atoms with van der Waals surface area (Å²) < 4.78 is 5.30. The minimum Gasteiger partial charge on any atom is -0.497 e. The van der Waals surface area contributed by atoms with E-state index in [0.29, 0.717) is 6.04 Å². The van der Waals surface area contributed by atoms with E-state index in [2.05, 4.69) is 51.0 Å². The molecule has 2 aromatic heterocycles. The average molecular weight is 355 g/mol. The maximum absolute atomic E-state index is 5.30. The Kier molecular flexibility index (Phi) is 4.81. The molecule has 0 aliphatic carbocycles. The van der Waals surface area contributed by atoms with Gasteiger partial charge in [-0.25, -0.2) is 9.97 Å². The molecule has 1 aliphatic rings. The molecule has 3 aromatic rings. The molecular weight excluding hydrogens is 332 g/mol. The van der Waals surface area contributed by atoms with Crippen LogP contribution in [0.1, 0.15) is 24.4 Å². The normalized spacial score (nSPS) is 16.2. The fraction of sp³-hybridized carbons (Fsp3) is 0.368. The topological polar surface area (TPSA) is 51.5 Å². The van der Waals surface area contributed by atoms with Gasteiger partial charge in [-0.2, -0.15) is 0 Å². The molecule has 0 saturated carbocycles. The van der Waals surface area contributed by atoms with E-state index >= 15 is 0 Å². The molecular formula is C19H23N4OS+. The first kappa shape index (κ1) is 16.3. The first-order chi connectivity index (χ1) is 12.3. The molecule has 0 bridgehead atoms. The van der Waals surface area contributed by atoms with Crippen LogP contribution in [0.25, 0.3) is 10.2 Å². The lowest BCUT2D eigenvalue weighted by Gasteiger charge is -2.25. The van der Waals surface area contributed by atoms with E-state index in [9.17, 15) is 0 Å². The van der Waals surface area contributed by atoms with E-state index in [4.69, 9.17) is 4.74 Å². The monoisotopic (exact) mass is 355 g/mol. The Hall–Kier alpha value is -2.18. The summed E-state index contributed by atoms with van der Waals surface area (Å²) in [5.41, 5.74) is 1.35. The molecule has 4 rings (SSSR count). The lowest BCUT2D eigenvalue weighted by atomic mass is 10.1. The predicted octanol–water partition coefficient (Wildman–Crippen LogP) is 2.53. The number of fused-ring (bicyclic) bond motifs is 1. The third-order valence-electron chi connectivity index (χ3n) is 4.99. The Labute approximate surface area is 151 Å². The molecule has 6 heteroatoms. The summed E-state index contributed by atoms with van der Waals surface area (Å²) in [6.07, 6.45) is 4.26. The summed E-state index contributed by atoms with van der Waals surface area (Å²) in [4.78, 5) is 11.5. The van der Waals surface area contributed by atoms with E-state index in [1.807, 2.05) is 0 Å². The van der Waals surface area contributed by atoms with Gasteiger partial charge in [0.15, 0.2) is 0 Å². The molecule has 3 heterocycles. The summed E-state index contributed by atoms with van der Waals surface area (Å²) in [5.74, 6) is 1.84. The van der Waals surface area contributed by atoms with Gasteiger partial charge in [0.1, 0.15) is 28.8 Å². The smallest absolute Gasteiger partial charge is 0.138 e. The number of quaternary nitrogens is 1. The molecule has 130 valence electrons. The van der Waals surface area contributed by atoms with E-state index in [0.717, 1.165) is 28.3 Å². The van der Waals surface area contributed by atoms with Crippen molar-refractivity contribution in [2.45, 2.75) is 18.9 Å². The van der Waals surface area contributed by atoms with Gasteiger partial charge in [0, 0.05) is 18.4 Å². The molecule has 1 atom stereocenters. The van der Waals surface area contributed by atoms with Gasteiger partial charge in [0.05, 0.1) is 32.1 Å². The van der Waals surface area contributed by atoms with Gasteiger partial charge < -0.3 is 15.0 Å². The van der Waals surface area contributed by atoms with Crippen LogP contribution in [0, 0.1) is 0 Å². The number of hydrogen-bond acceptors (Lipinski definition) is 5. The van der Waals surface area contributed by atoms with Crippen molar-refractivity contribution in [1.29, 1.82) is 0 Å². The lowest BCUT2D eigenvalue weighted by molar-refractivity contribution is -0.917. The van der Waals surface area contributed by atoms with Crippen molar-refractivity contribution in [2.24, 2.45) is 0 Å². The first-order valence-corrected chi connectivity index (χ1v) is 9.64. The number of methoxy groups -OCH3 is 1. The number of aromatic nitrogens is 2. The number of rotatable bonds is 6. The largest absolute Gasteiger partial charge is 0.497 e. The summed E-state index contributed by atoms with van der Waals surface area (Å²) in [6.45, 7) is 3.33. The van der Waals surface area contributed by atoms with Gasteiger partial charge in [0.25, 0.3) is 0 Å². The Morgan fingerprint density at radius 3 is 2.72 bits per heavy atom. The number of nitrogens with one attached hydrogen (secondary N) is 2. The predicted molar refractivity (Wildman–Crippen MR) is 102 cm³/mol. The summed E-state index contributed by atoms with van der Waals surface area (Å²) >= 11 is 1.65. The summed E-state index contributed by atoms with van der Waals surface area (Å²) in [7, 11) is 1.71. The van der Waals surface area contributed by atoms with Crippen LogP contribution < -0.4 is 15.0 Å². The quantitative estimate of drug-likeness (QED) is 0.713. The molecule has 2 N–H and O–H groups in total. The highest BCUT2D eigenvalue weighted by molar-refractivity contribution is 7.16. The van der Waals surface area contributed by atoms with Gasteiger partial charge in [-0.05, 0) is 35.7 Å². The van der Waals surface area contributed by atoms with Crippen molar-refractivity contribution < 1.29 is 9.64 Å². The van der Waals surface area contributed by atoms with Crippen LogP contribution in [-0.4, -0.2) is 36.7 Å². The van der Waals surface area contributed by atoms with Gasteiger partial charge >= 0.3 is 0 Å². The van der Waals surface area contributed by atoms with Crippen molar-refractivity contribution in [3.05, 3.63) is 47.6 Å². The lowest BCUT2D eigenvalue weighted by Crippen LogP contribution is -3.11. The van der Waals surface area contributed by atoms with E-state index in [-0.39, 0.29) is 0 Å². The standard InChI is InChI=1S/C19H22N4OS/c1-24-15-6-4-14(5-7-15)17(23-9-2-3-10-23)12-20-18-16-8-11-25-19(16)22-13-21-18/h4-8,11,13,17H,2-3,9-10,12H2,1H3,(H,20,21,22)/p+1/t17-/m0/s1. The number of nitrogens with zero attached hydrogens (tertiary/aromatic N) is 2. The van der Waals surface area contributed by atoms with Gasteiger partial charge in [-0.15, -0.1) is 11.3 Å². The first-order valence-electron chi connectivity index (χ1n) is 8.76. The molecule has 5 nitrogen and oxygen atoms in total. The van der Waals surface area contributed by atoms with Crippen LogP contribution in [0.15, 0.2) is 42.0 Å². The van der Waals surface area contributed by atoms with Gasteiger partial charge in [0.2, 0.25) is 0 Å². The van der Waals surface area contributed by atoms with Gasteiger partial charge in [-0.3, -0.25) is 0 Å². The minimum absolute atomic E-state index is 0.414. The SMILES string of the molecule is COc1ccc([C@H](CNc2ncnc3sccc23)[NH+]2CCCC2)cc1. The third-order valence-corrected chi connectivity index (χ3v) is 5.81. The molecule has 0 radical (unpaired) electrons. The molecule has 25 heavy (non-hydrogen) atoms. The number of anilines is 1. The molecule has 0 unspecified atom stereocenters. The minimum atomic E-state index is 0.414. The zero-order valence-electron chi connectivity index (χ0n) is 14.4. The molecule has 0 amide bonds. The summed E-state index contributed by atoms with van der Waals surface area (Å²) in [6, 6.07) is 11.0. The third kappa shape index (κ3) is 3.45.